The molecule has 2 heteroatoms. The predicted molar refractivity (Wildman–Crippen MR) is 64.5 cm³/mol. The van der Waals surface area contributed by atoms with Crippen LogP contribution in [0.15, 0.2) is 41.0 Å². The molecule has 0 aromatic carbocycles. The standard InChI is InChI=1S/C14H17NO/c1-4-11-7-5-8-12(15-11)14(2,3)13-9-6-10-16-13/h5-10H,4H2,1-3H3. The largest absolute Gasteiger partial charge is 0.468 e. The van der Waals surface area contributed by atoms with E-state index in [9.17, 15) is 0 Å². The molecule has 2 aromatic heterocycles. The van der Waals surface area contributed by atoms with Crippen molar-refractivity contribution in [3.63, 3.8) is 0 Å². The molecule has 0 fully saturated rings. The maximum atomic E-state index is 5.49. The van der Waals surface area contributed by atoms with Gasteiger partial charge in [0.05, 0.1) is 17.4 Å². The molecule has 84 valence electrons. The molecular formula is C14H17NO. The number of aryl methyl sites for hydroxylation is 1. The minimum Gasteiger partial charge on any atom is -0.468 e. The Bertz CT molecular complexity index is 457. The molecule has 0 saturated heterocycles. The molecule has 16 heavy (non-hydrogen) atoms. The zero-order valence-electron chi connectivity index (χ0n) is 10.0. The van der Waals surface area contributed by atoms with Crippen molar-refractivity contribution in [2.75, 3.05) is 0 Å². The Kier molecular flexibility index (Phi) is 2.82. The Labute approximate surface area is 96.3 Å². The van der Waals surface area contributed by atoms with Gasteiger partial charge in [0.15, 0.2) is 0 Å². The fourth-order valence-corrected chi connectivity index (χ4v) is 1.79. The SMILES string of the molecule is CCc1cccc(C(C)(C)c2ccco2)n1. The van der Waals surface area contributed by atoms with Crippen LogP contribution >= 0.6 is 0 Å². The zero-order chi connectivity index (χ0) is 11.6. The Morgan fingerprint density at radius 1 is 1.19 bits per heavy atom. The van der Waals surface area contributed by atoms with Crippen molar-refractivity contribution in [3.8, 4) is 0 Å². The summed E-state index contributed by atoms with van der Waals surface area (Å²) in [6, 6.07) is 10.1. The molecule has 0 aliphatic carbocycles. The number of rotatable bonds is 3. The Morgan fingerprint density at radius 3 is 2.62 bits per heavy atom. The number of furan rings is 1. The summed E-state index contributed by atoms with van der Waals surface area (Å²) in [7, 11) is 0. The first-order valence-electron chi connectivity index (χ1n) is 5.65. The molecule has 0 N–H and O–H groups in total. The van der Waals surface area contributed by atoms with Gasteiger partial charge in [-0.25, -0.2) is 0 Å². The van der Waals surface area contributed by atoms with E-state index in [0.29, 0.717) is 0 Å². The highest BCUT2D eigenvalue weighted by molar-refractivity contribution is 5.28. The molecule has 2 rings (SSSR count). The van der Waals surface area contributed by atoms with E-state index in [2.05, 4.69) is 44.0 Å². The monoisotopic (exact) mass is 215 g/mol. The van der Waals surface area contributed by atoms with Gasteiger partial charge in [-0.3, -0.25) is 4.98 Å². The lowest BCUT2D eigenvalue weighted by Gasteiger charge is -2.21. The van der Waals surface area contributed by atoms with Gasteiger partial charge in [0, 0.05) is 5.69 Å². The van der Waals surface area contributed by atoms with E-state index < -0.39 is 0 Å². The molecule has 0 aliphatic rings. The van der Waals surface area contributed by atoms with Gasteiger partial charge in [-0.1, -0.05) is 13.0 Å². The van der Waals surface area contributed by atoms with Crippen molar-refractivity contribution < 1.29 is 4.42 Å². The average molecular weight is 215 g/mol. The van der Waals surface area contributed by atoms with Gasteiger partial charge < -0.3 is 4.42 Å². The van der Waals surface area contributed by atoms with Crippen LogP contribution < -0.4 is 0 Å². The number of hydrogen-bond acceptors (Lipinski definition) is 2. The third kappa shape index (κ3) is 1.87. The van der Waals surface area contributed by atoms with Crippen LogP contribution in [0.25, 0.3) is 0 Å². The van der Waals surface area contributed by atoms with Crippen molar-refractivity contribution in [2.45, 2.75) is 32.6 Å². The van der Waals surface area contributed by atoms with Gasteiger partial charge in [-0.2, -0.15) is 0 Å². The predicted octanol–water partition coefficient (Wildman–Crippen LogP) is 3.56. The normalized spacial score (nSPS) is 11.7. The summed E-state index contributed by atoms with van der Waals surface area (Å²) in [5, 5.41) is 0. The molecule has 0 atom stereocenters. The molecule has 0 unspecified atom stereocenters. The maximum Gasteiger partial charge on any atom is 0.115 e. The summed E-state index contributed by atoms with van der Waals surface area (Å²) in [6.07, 6.45) is 2.67. The number of aromatic nitrogens is 1. The van der Waals surface area contributed by atoms with Crippen molar-refractivity contribution in [1.82, 2.24) is 4.98 Å². The van der Waals surface area contributed by atoms with E-state index in [1.54, 1.807) is 6.26 Å². The summed E-state index contributed by atoms with van der Waals surface area (Å²) >= 11 is 0. The van der Waals surface area contributed by atoms with E-state index >= 15 is 0 Å². The topological polar surface area (TPSA) is 26.0 Å². The van der Waals surface area contributed by atoms with Gasteiger partial charge in [-0.05, 0) is 44.5 Å². The second-order valence-electron chi connectivity index (χ2n) is 4.47. The lowest BCUT2D eigenvalue weighted by Crippen LogP contribution is -2.20. The first-order chi connectivity index (χ1) is 7.64. The second kappa shape index (κ2) is 4.12. The van der Waals surface area contributed by atoms with E-state index in [-0.39, 0.29) is 5.41 Å². The molecule has 0 radical (unpaired) electrons. The third-order valence-corrected chi connectivity index (χ3v) is 2.95. The first kappa shape index (κ1) is 10.9. The first-order valence-corrected chi connectivity index (χ1v) is 5.65. The van der Waals surface area contributed by atoms with Gasteiger partial charge in [0.2, 0.25) is 0 Å². The smallest absolute Gasteiger partial charge is 0.115 e. The second-order valence-corrected chi connectivity index (χ2v) is 4.47. The average Bonchev–Trinajstić information content (AvgIpc) is 2.83. The molecule has 0 aliphatic heterocycles. The summed E-state index contributed by atoms with van der Waals surface area (Å²) < 4.78 is 5.49. The molecule has 0 saturated carbocycles. The number of hydrogen-bond donors (Lipinski definition) is 0. The van der Waals surface area contributed by atoms with Gasteiger partial charge in [0.25, 0.3) is 0 Å². The quantitative estimate of drug-likeness (QED) is 0.782. The van der Waals surface area contributed by atoms with Crippen LogP contribution in [0.5, 0.6) is 0 Å². The van der Waals surface area contributed by atoms with Crippen LogP contribution in [0.3, 0.4) is 0 Å². The minimum absolute atomic E-state index is 0.172. The molecule has 2 heterocycles. The third-order valence-electron chi connectivity index (χ3n) is 2.95. The lowest BCUT2D eigenvalue weighted by atomic mass is 9.86. The van der Waals surface area contributed by atoms with E-state index in [1.807, 2.05) is 12.1 Å². The molecule has 0 spiro atoms. The minimum atomic E-state index is -0.172. The van der Waals surface area contributed by atoms with E-state index in [1.165, 1.54) is 0 Å². The molecule has 0 amide bonds. The van der Waals surface area contributed by atoms with Crippen LogP contribution in [0.1, 0.15) is 37.9 Å². The zero-order valence-corrected chi connectivity index (χ0v) is 10.0. The summed E-state index contributed by atoms with van der Waals surface area (Å²) in [5.41, 5.74) is 2.01. The fourth-order valence-electron chi connectivity index (χ4n) is 1.79. The highest BCUT2D eigenvalue weighted by atomic mass is 16.3. The number of pyridine rings is 1. The molecular weight excluding hydrogens is 198 g/mol. The van der Waals surface area contributed by atoms with Crippen molar-refractivity contribution >= 4 is 0 Å². The van der Waals surface area contributed by atoms with Crippen LogP contribution in [0.4, 0.5) is 0 Å². The van der Waals surface area contributed by atoms with Crippen LogP contribution in [0.2, 0.25) is 0 Å². The Morgan fingerprint density at radius 2 is 2.00 bits per heavy atom. The Hall–Kier alpha value is -1.57. The lowest BCUT2D eigenvalue weighted by molar-refractivity contribution is 0.423. The maximum absolute atomic E-state index is 5.49. The van der Waals surface area contributed by atoms with Crippen molar-refractivity contribution in [3.05, 3.63) is 53.7 Å². The van der Waals surface area contributed by atoms with Gasteiger partial charge in [-0.15, -0.1) is 0 Å². The van der Waals surface area contributed by atoms with E-state index in [4.69, 9.17) is 4.42 Å². The van der Waals surface area contributed by atoms with Crippen LogP contribution in [0, 0.1) is 0 Å². The van der Waals surface area contributed by atoms with Crippen LogP contribution in [-0.4, -0.2) is 4.98 Å². The van der Waals surface area contributed by atoms with Gasteiger partial charge >= 0.3 is 0 Å². The summed E-state index contributed by atoms with van der Waals surface area (Å²) in [4.78, 5) is 4.66. The van der Waals surface area contributed by atoms with Gasteiger partial charge in [0.1, 0.15) is 5.76 Å². The summed E-state index contributed by atoms with van der Waals surface area (Å²) in [6.45, 7) is 6.38. The van der Waals surface area contributed by atoms with Crippen molar-refractivity contribution in [2.24, 2.45) is 0 Å². The molecule has 0 bridgehead atoms. The van der Waals surface area contributed by atoms with Crippen LogP contribution in [-0.2, 0) is 11.8 Å². The van der Waals surface area contributed by atoms with E-state index in [0.717, 1.165) is 23.6 Å². The molecule has 2 nitrogen and oxygen atoms in total. The molecule has 2 aromatic rings. The fraction of sp³-hybridized carbons (Fsp3) is 0.357. The Balaban J connectivity index is 2.42. The highest BCUT2D eigenvalue weighted by Crippen LogP contribution is 2.30. The van der Waals surface area contributed by atoms with Crippen molar-refractivity contribution in [1.29, 1.82) is 0 Å². The summed E-state index contributed by atoms with van der Waals surface area (Å²) in [5.74, 6) is 0.952. The number of nitrogens with zero attached hydrogens (tertiary/aromatic N) is 1. The highest BCUT2D eigenvalue weighted by Gasteiger charge is 2.27.